The van der Waals surface area contributed by atoms with E-state index in [2.05, 4.69) is 0 Å². The molecule has 1 aliphatic heterocycles. The van der Waals surface area contributed by atoms with Crippen LogP contribution in [0.3, 0.4) is 0 Å². The number of carbonyl (C=O) groups excluding carboxylic acids is 2. The van der Waals surface area contributed by atoms with Crippen molar-refractivity contribution in [3.63, 3.8) is 0 Å². The zero-order valence-corrected chi connectivity index (χ0v) is 22.9. The first-order chi connectivity index (χ1) is 18.8. The Kier molecular flexibility index (Phi) is 7.64. The summed E-state index contributed by atoms with van der Waals surface area (Å²) in [7, 11) is 4.65. The van der Waals surface area contributed by atoms with Gasteiger partial charge in [-0.05, 0) is 80.3 Å². The first-order valence-corrected chi connectivity index (χ1v) is 13.4. The Morgan fingerprint density at radius 3 is 2.23 bits per heavy atom. The average molecular weight is 534 g/mol. The minimum atomic E-state index is -0.751. The van der Waals surface area contributed by atoms with Gasteiger partial charge in [0.05, 0.1) is 21.3 Å². The summed E-state index contributed by atoms with van der Waals surface area (Å²) in [5.41, 5.74) is 3.42. The van der Waals surface area contributed by atoms with Gasteiger partial charge in [-0.3, -0.25) is 14.6 Å². The minimum absolute atomic E-state index is 0.0494. The number of allylic oxidation sites excluding steroid dienone is 2. The Morgan fingerprint density at radius 2 is 1.56 bits per heavy atom. The molecule has 5 rings (SSSR count). The van der Waals surface area contributed by atoms with Crippen LogP contribution >= 0.6 is 0 Å². The van der Waals surface area contributed by atoms with E-state index in [0.717, 1.165) is 31.2 Å². The zero-order chi connectivity index (χ0) is 27.7. The second-order valence-corrected chi connectivity index (χ2v) is 10.5. The Bertz CT molecular complexity index is 1340. The normalized spacial score (nSPS) is 23.2. The molecule has 2 aromatic carbocycles. The van der Waals surface area contributed by atoms with E-state index >= 15 is 0 Å². The fourth-order valence-electron chi connectivity index (χ4n) is 6.21. The number of ketones is 1. The number of methoxy groups -OCH3 is 3. The van der Waals surface area contributed by atoms with Gasteiger partial charge in [0.25, 0.3) is 0 Å². The lowest BCUT2D eigenvalue weighted by molar-refractivity contribution is -0.151. The fraction of sp³-hybridized carbons (Fsp3) is 0.452. The molecule has 3 aliphatic rings. The lowest BCUT2D eigenvalue weighted by Gasteiger charge is -2.37. The third-order valence-electron chi connectivity index (χ3n) is 8.17. The van der Waals surface area contributed by atoms with Crippen LogP contribution in [0, 0.1) is 5.92 Å². The number of hydrogen-bond acceptors (Lipinski definition) is 8. The number of ether oxygens (including phenoxy) is 4. The number of carbonyl (C=O) groups is 2. The van der Waals surface area contributed by atoms with Gasteiger partial charge in [0.2, 0.25) is 0 Å². The van der Waals surface area contributed by atoms with E-state index in [1.54, 1.807) is 32.4 Å². The standard InChI is InChI=1S/C31H35NO7/c1-17-28(31(35)39-21-7-5-6-8-21)29(19-10-11-25(36-2)23(33)14-19)30-22(32-17)13-20(15-24(30)34)18-9-12-26(37-3)27(16-18)38-4/h9-12,14,16,20-21,28-29,33H,5-8,13,15H2,1-4H3/t20-,28?,29-/m0/s1. The first kappa shape index (κ1) is 26.8. The molecular formula is C31H35NO7. The van der Waals surface area contributed by atoms with Crippen molar-refractivity contribution in [1.29, 1.82) is 0 Å². The van der Waals surface area contributed by atoms with E-state index in [1.165, 1.54) is 7.11 Å². The summed E-state index contributed by atoms with van der Waals surface area (Å²) in [6.45, 7) is 1.82. The Balaban J connectivity index is 1.55. The molecule has 1 N–H and O–H groups in total. The SMILES string of the molecule is COc1ccc([C@@H]2C3=C(C[C@H](c4ccc(OC)c(OC)c4)CC3=O)N=C(C)C2C(=O)OC2CCCC2)cc1O. The molecule has 0 radical (unpaired) electrons. The number of esters is 1. The summed E-state index contributed by atoms with van der Waals surface area (Å²) in [4.78, 5) is 32.3. The Labute approximate surface area is 228 Å². The molecule has 0 spiro atoms. The van der Waals surface area contributed by atoms with Gasteiger partial charge in [-0.25, -0.2) is 0 Å². The Hall–Kier alpha value is -3.81. The van der Waals surface area contributed by atoms with Crippen molar-refractivity contribution in [2.24, 2.45) is 10.9 Å². The highest BCUT2D eigenvalue weighted by Gasteiger charge is 2.45. The number of phenols is 1. The molecule has 0 bridgehead atoms. The number of benzene rings is 2. The molecule has 8 nitrogen and oxygen atoms in total. The molecule has 1 saturated carbocycles. The van der Waals surface area contributed by atoms with Crippen LogP contribution in [0.5, 0.6) is 23.0 Å². The van der Waals surface area contributed by atoms with E-state index in [0.29, 0.717) is 46.2 Å². The predicted molar refractivity (Wildman–Crippen MR) is 146 cm³/mol. The minimum Gasteiger partial charge on any atom is -0.504 e. The molecule has 3 atom stereocenters. The van der Waals surface area contributed by atoms with Crippen LogP contribution in [0.25, 0.3) is 0 Å². The number of aliphatic imine (C=N–C) groups is 1. The van der Waals surface area contributed by atoms with Gasteiger partial charge in [0.15, 0.2) is 28.8 Å². The maximum absolute atomic E-state index is 13.9. The molecule has 2 aliphatic carbocycles. The maximum Gasteiger partial charge on any atom is 0.315 e. The number of Topliss-reactive ketones (excluding diaryl/α,β-unsaturated/α-hetero) is 1. The van der Waals surface area contributed by atoms with Crippen LogP contribution in [0.1, 0.15) is 68.4 Å². The zero-order valence-electron chi connectivity index (χ0n) is 22.9. The summed E-state index contributed by atoms with van der Waals surface area (Å²) < 4.78 is 22.0. The molecule has 0 aromatic heterocycles. The van der Waals surface area contributed by atoms with Crippen molar-refractivity contribution in [3.8, 4) is 23.0 Å². The van der Waals surface area contributed by atoms with Crippen LogP contribution in [0.4, 0.5) is 0 Å². The van der Waals surface area contributed by atoms with Gasteiger partial charge < -0.3 is 24.1 Å². The molecular weight excluding hydrogens is 498 g/mol. The van der Waals surface area contributed by atoms with E-state index < -0.39 is 11.8 Å². The fourth-order valence-corrected chi connectivity index (χ4v) is 6.21. The van der Waals surface area contributed by atoms with E-state index in [-0.39, 0.29) is 35.9 Å². The average Bonchev–Trinajstić information content (AvgIpc) is 3.44. The van der Waals surface area contributed by atoms with E-state index in [9.17, 15) is 14.7 Å². The van der Waals surface area contributed by atoms with Gasteiger partial charge in [-0.2, -0.15) is 0 Å². The van der Waals surface area contributed by atoms with Crippen LogP contribution in [0.15, 0.2) is 52.7 Å². The first-order valence-electron chi connectivity index (χ1n) is 13.4. The summed E-state index contributed by atoms with van der Waals surface area (Å²) in [5, 5.41) is 10.6. The van der Waals surface area contributed by atoms with Crippen molar-refractivity contribution in [2.45, 2.75) is 63.4 Å². The van der Waals surface area contributed by atoms with Gasteiger partial charge in [-0.1, -0.05) is 12.1 Å². The van der Waals surface area contributed by atoms with Crippen LogP contribution in [-0.4, -0.2) is 50.0 Å². The molecule has 1 heterocycles. The van der Waals surface area contributed by atoms with Gasteiger partial charge in [0, 0.05) is 29.3 Å². The second-order valence-electron chi connectivity index (χ2n) is 10.5. The maximum atomic E-state index is 13.9. The molecule has 1 unspecified atom stereocenters. The highest BCUT2D eigenvalue weighted by molar-refractivity contribution is 6.09. The number of phenolic OH excluding ortho intramolecular Hbond substituents is 1. The summed E-state index contributed by atoms with van der Waals surface area (Å²) >= 11 is 0. The number of aromatic hydroxyl groups is 1. The lowest BCUT2D eigenvalue weighted by Crippen LogP contribution is -2.39. The molecule has 1 fully saturated rings. The highest BCUT2D eigenvalue weighted by Crippen LogP contribution is 2.48. The molecule has 2 aromatic rings. The van der Waals surface area contributed by atoms with Crippen LogP contribution < -0.4 is 14.2 Å². The molecule has 0 saturated heterocycles. The largest absolute Gasteiger partial charge is 0.504 e. The third kappa shape index (κ3) is 5.12. The van der Waals surface area contributed by atoms with Crippen molar-refractivity contribution in [1.82, 2.24) is 0 Å². The summed E-state index contributed by atoms with van der Waals surface area (Å²) in [6.07, 6.45) is 4.48. The number of nitrogens with zero attached hydrogens (tertiary/aromatic N) is 1. The van der Waals surface area contributed by atoms with Crippen LogP contribution in [-0.2, 0) is 14.3 Å². The molecule has 206 valence electrons. The monoisotopic (exact) mass is 533 g/mol. The molecule has 8 heteroatoms. The third-order valence-corrected chi connectivity index (χ3v) is 8.17. The smallest absolute Gasteiger partial charge is 0.315 e. The predicted octanol–water partition coefficient (Wildman–Crippen LogP) is 5.48. The van der Waals surface area contributed by atoms with Gasteiger partial charge in [-0.15, -0.1) is 0 Å². The van der Waals surface area contributed by atoms with E-state index in [4.69, 9.17) is 23.9 Å². The van der Waals surface area contributed by atoms with Crippen molar-refractivity contribution in [2.75, 3.05) is 21.3 Å². The summed E-state index contributed by atoms with van der Waals surface area (Å²) in [5.74, 6) is -0.393. The van der Waals surface area contributed by atoms with Crippen molar-refractivity contribution < 1.29 is 33.6 Å². The van der Waals surface area contributed by atoms with Gasteiger partial charge >= 0.3 is 5.97 Å². The second kappa shape index (κ2) is 11.1. The van der Waals surface area contributed by atoms with Crippen LogP contribution in [0.2, 0.25) is 0 Å². The quantitative estimate of drug-likeness (QED) is 0.470. The van der Waals surface area contributed by atoms with Gasteiger partial charge in [0.1, 0.15) is 12.0 Å². The summed E-state index contributed by atoms with van der Waals surface area (Å²) in [6, 6.07) is 10.7. The molecule has 0 amide bonds. The van der Waals surface area contributed by atoms with E-state index in [1.807, 2.05) is 25.1 Å². The number of hydrogen-bond donors (Lipinski definition) is 1. The van der Waals surface area contributed by atoms with Crippen molar-refractivity contribution in [3.05, 3.63) is 58.8 Å². The Morgan fingerprint density at radius 1 is 0.897 bits per heavy atom. The molecule has 39 heavy (non-hydrogen) atoms. The lowest BCUT2D eigenvalue weighted by atomic mass is 9.69. The topological polar surface area (TPSA) is 104 Å². The van der Waals surface area contributed by atoms with Crippen molar-refractivity contribution >= 4 is 17.5 Å². The highest BCUT2D eigenvalue weighted by atomic mass is 16.5. The number of rotatable bonds is 7.